The fraction of sp³-hybridized carbons (Fsp3) is 0.148. The molecule has 4 rings (SSSR count). The number of carbonyl (C=O) groups is 1. The van der Waals surface area contributed by atoms with Crippen LogP contribution in [0.15, 0.2) is 79.0 Å². The average Bonchev–Trinajstić information content (AvgIpc) is 2.89. The summed E-state index contributed by atoms with van der Waals surface area (Å²) in [5, 5.41) is 3.01. The van der Waals surface area contributed by atoms with Crippen molar-refractivity contribution in [3.05, 3.63) is 102 Å². The van der Waals surface area contributed by atoms with E-state index in [9.17, 15) is 31.1 Å². The minimum absolute atomic E-state index is 0.0743. The van der Waals surface area contributed by atoms with Crippen LogP contribution < -0.4 is 14.9 Å². The summed E-state index contributed by atoms with van der Waals surface area (Å²) in [5.74, 6) is -0.475. The Balaban J connectivity index is 1.40. The summed E-state index contributed by atoms with van der Waals surface area (Å²) in [6.07, 6.45) is -3.61. The standard InChI is InChI=1S/C27H23F4N5O3S/c1-36(25-11-12-32-26(34-25)33-20-3-2-4-21(16-20)35-40(38)39)22-8-5-17(6-9-22)13-23(37)15-18-14-19(27(29,30)31)7-10-24(18)28/h2-12,14,16,35H,13,15H2,1H3,(H,38,39)(H,32,33,34)/p-1. The Morgan fingerprint density at radius 2 is 1.73 bits per heavy atom. The van der Waals surface area contributed by atoms with Crippen LogP contribution in [0.3, 0.4) is 0 Å². The first-order valence-electron chi connectivity index (χ1n) is 11.7. The molecule has 0 spiro atoms. The van der Waals surface area contributed by atoms with Gasteiger partial charge in [-0.2, -0.15) is 18.2 Å². The lowest BCUT2D eigenvalue weighted by atomic mass is 10.0. The van der Waals surface area contributed by atoms with E-state index in [0.717, 1.165) is 11.8 Å². The number of benzene rings is 3. The molecule has 1 aromatic heterocycles. The second kappa shape index (κ2) is 12.2. The molecule has 1 heterocycles. The lowest BCUT2D eigenvalue weighted by molar-refractivity contribution is -0.137. The predicted octanol–water partition coefficient (Wildman–Crippen LogP) is 5.71. The maximum atomic E-state index is 14.0. The molecular formula is C27H22F4N5O3S-. The molecule has 8 nitrogen and oxygen atoms in total. The zero-order valence-electron chi connectivity index (χ0n) is 20.9. The van der Waals surface area contributed by atoms with Crippen molar-refractivity contribution in [2.75, 3.05) is 22.0 Å². The molecule has 0 aliphatic rings. The number of aromatic nitrogens is 2. The summed E-state index contributed by atoms with van der Waals surface area (Å²) < 4.78 is 76.8. The summed E-state index contributed by atoms with van der Waals surface area (Å²) >= 11 is -2.46. The Kier molecular flexibility index (Phi) is 8.75. The van der Waals surface area contributed by atoms with Crippen molar-refractivity contribution in [1.29, 1.82) is 0 Å². The van der Waals surface area contributed by atoms with Gasteiger partial charge in [-0.25, -0.2) is 9.37 Å². The first kappa shape index (κ1) is 28.6. The third-order valence-corrected chi connectivity index (χ3v) is 6.19. The van der Waals surface area contributed by atoms with Gasteiger partial charge in [0.2, 0.25) is 5.95 Å². The van der Waals surface area contributed by atoms with Crippen LogP contribution >= 0.6 is 0 Å². The van der Waals surface area contributed by atoms with Crippen molar-refractivity contribution in [2.24, 2.45) is 0 Å². The molecule has 13 heteroatoms. The zero-order chi connectivity index (χ0) is 28.9. The number of ketones is 1. The Morgan fingerprint density at radius 3 is 2.42 bits per heavy atom. The highest BCUT2D eigenvalue weighted by Crippen LogP contribution is 2.31. The molecule has 0 bridgehead atoms. The van der Waals surface area contributed by atoms with Gasteiger partial charge in [0, 0.05) is 54.4 Å². The van der Waals surface area contributed by atoms with E-state index in [1.165, 1.54) is 0 Å². The lowest BCUT2D eigenvalue weighted by Crippen LogP contribution is -2.13. The minimum atomic E-state index is -4.63. The SMILES string of the molecule is CN(c1ccc(CC(=O)Cc2cc(C(F)(F)F)ccc2F)cc1)c1ccnc(Nc2cccc(NS(=O)[O-])c2)n1. The molecular weight excluding hydrogens is 550 g/mol. The smallest absolute Gasteiger partial charge is 0.416 e. The van der Waals surface area contributed by atoms with E-state index in [2.05, 4.69) is 20.0 Å². The van der Waals surface area contributed by atoms with E-state index in [-0.39, 0.29) is 17.9 Å². The summed E-state index contributed by atoms with van der Waals surface area (Å²) in [5.41, 5.74) is 0.975. The van der Waals surface area contributed by atoms with Gasteiger partial charge in [-0.05, 0) is 65.7 Å². The molecule has 3 aromatic carbocycles. The van der Waals surface area contributed by atoms with E-state index in [1.807, 2.05) is 0 Å². The third-order valence-electron chi connectivity index (χ3n) is 5.79. The molecule has 0 aliphatic heterocycles. The van der Waals surface area contributed by atoms with E-state index in [4.69, 9.17) is 0 Å². The maximum Gasteiger partial charge on any atom is 0.416 e. The van der Waals surface area contributed by atoms with Gasteiger partial charge in [0.05, 0.1) is 5.56 Å². The van der Waals surface area contributed by atoms with E-state index in [1.54, 1.807) is 72.7 Å². The van der Waals surface area contributed by atoms with Crippen LogP contribution in [0.25, 0.3) is 0 Å². The number of hydrogen-bond donors (Lipinski definition) is 2. The molecule has 0 aliphatic carbocycles. The maximum absolute atomic E-state index is 14.0. The van der Waals surface area contributed by atoms with Crippen LogP contribution in [0.1, 0.15) is 16.7 Å². The van der Waals surface area contributed by atoms with Gasteiger partial charge in [-0.1, -0.05) is 18.2 Å². The zero-order valence-corrected chi connectivity index (χ0v) is 21.7. The normalized spacial score (nSPS) is 12.1. The van der Waals surface area contributed by atoms with Crippen molar-refractivity contribution in [2.45, 2.75) is 19.0 Å². The number of alkyl halides is 3. The van der Waals surface area contributed by atoms with Gasteiger partial charge in [-0.15, -0.1) is 0 Å². The van der Waals surface area contributed by atoms with Crippen LogP contribution in [0.5, 0.6) is 0 Å². The Labute approximate surface area is 229 Å². The highest BCUT2D eigenvalue weighted by molar-refractivity contribution is 7.80. The highest BCUT2D eigenvalue weighted by atomic mass is 32.2. The fourth-order valence-electron chi connectivity index (χ4n) is 3.84. The second-order valence-corrected chi connectivity index (χ2v) is 9.38. The lowest BCUT2D eigenvalue weighted by Gasteiger charge is -2.19. The molecule has 208 valence electrons. The van der Waals surface area contributed by atoms with Crippen molar-refractivity contribution in [1.82, 2.24) is 9.97 Å². The number of carbonyl (C=O) groups excluding carboxylic acids is 1. The van der Waals surface area contributed by atoms with Crippen molar-refractivity contribution in [3.63, 3.8) is 0 Å². The molecule has 2 N–H and O–H groups in total. The number of rotatable bonds is 10. The molecule has 4 aromatic rings. The van der Waals surface area contributed by atoms with Crippen LogP contribution in [0, 0.1) is 5.82 Å². The monoisotopic (exact) mass is 572 g/mol. The van der Waals surface area contributed by atoms with E-state index < -0.39 is 41.0 Å². The van der Waals surface area contributed by atoms with Gasteiger partial charge in [0.1, 0.15) is 17.4 Å². The average molecular weight is 573 g/mol. The second-order valence-electron chi connectivity index (χ2n) is 8.70. The quantitative estimate of drug-likeness (QED) is 0.185. The number of nitrogens with zero attached hydrogens (tertiary/aromatic N) is 3. The number of halogens is 4. The Bertz CT molecular complexity index is 1530. The van der Waals surface area contributed by atoms with Gasteiger partial charge in [0.15, 0.2) is 0 Å². The van der Waals surface area contributed by atoms with Crippen LogP contribution in [-0.2, 0) is 35.1 Å². The Hall–Kier alpha value is -4.36. The summed E-state index contributed by atoms with van der Waals surface area (Å²) in [7, 11) is 1.77. The van der Waals surface area contributed by atoms with Crippen molar-refractivity contribution in [3.8, 4) is 0 Å². The topological polar surface area (TPSA) is 110 Å². The van der Waals surface area contributed by atoms with Gasteiger partial charge < -0.3 is 19.5 Å². The summed E-state index contributed by atoms with van der Waals surface area (Å²) in [4.78, 5) is 22.9. The molecule has 40 heavy (non-hydrogen) atoms. The van der Waals surface area contributed by atoms with Gasteiger partial charge in [0.25, 0.3) is 0 Å². The first-order valence-corrected chi connectivity index (χ1v) is 12.8. The molecule has 0 fully saturated rings. The molecule has 0 radical (unpaired) electrons. The van der Waals surface area contributed by atoms with Crippen LogP contribution in [0.4, 0.5) is 46.4 Å². The summed E-state index contributed by atoms with van der Waals surface area (Å²) in [6.45, 7) is 0. The number of nitrogens with one attached hydrogen (secondary N) is 2. The fourth-order valence-corrected chi connectivity index (χ4v) is 4.16. The number of anilines is 5. The van der Waals surface area contributed by atoms with Gasteiger partial charge >= 0.3 is 6.18 Å². The van der Waals surface area contributed by atoms with E-state index in [0.29, 0.717) is 34.9 Å². The highest BCUT2D eigenvalue weighted by Gasteiger charge is 2.31. The van der Waals surface area contributed by atoms with Crippen molar-refractivity contribution >= 4 is 45.9 Å². The van der Waals surface area contributed by atoms with Gasteiger partial charge in [-0.3, -0.25) is 9.00 Å². The predicted molar refractivity (Wildman–Crippen MR) is 143 cm³/mol. The molecule has 0 amide bonds. The number of Topliss-reactive ketones (excluding diaryl/α,β-unsaturated/α-hetero) is 1. The molecule has 0 saturated heterocycles. The molecule has 1 atom stereocenters. The van der Waals surface area contributed by atoms with Crippen molar-refractivity contribution < 1.29 is 31.1 Å². The molecule has 0 saturated carbocycles. The first-order chi connectivity index (χ1) is 19.0. The van der Waals surface area contributed by atoms with Crippen LogP contribution in [0.2, 0.25) is 0 Å². The largest absolute Gasteiger partial charge is 0.755 e. The molecule has 1 unspecified atom stereocenters. The number of hydrogen-bond acceptors (Lipinski definition) is 7. The third kappa shape index (κ3) is 7.61. The summed E-state index contributed by atoms with van der Waals surface area (Å²) in [6, 6.07) is 17.2. The Morgan fingerprint density at radius 1 is 1.00 bits per heavy atom. The van der Waals surface area contributed by atoms with E-state index >= 15 is 0 Å². The van der Waals surface area contributed by atoms with Crippen LogP contribution in [-0.4, -0.2) is 31.6 Å². The minimum Gasteiger partial charge on any atom is -0.755 e.